The number of fused-ring (bicyclic) bond motifs is 2. The molecule has 2 bridgehead atoms. The van der Waals surface area contributed by atoms with Gasteiger partial charge >= 0.3 is 6.03 Å². The average molecular weight is 628 g/mol. The highest BCUT2D eigenvalue weighted by atomic mass is 16.5. The Kier molecular flexibility index (Phi) is 8.92. The van der Waals surface area contributed by atoms with E-state index in [2.05, 4.69) is 63.1 Å². The summed E-state index contributed by atoms with van der Waals surface area (Å²) in [5.74, 6) is 2.00. The topological polar surface area (TPSA) is 111 Å². The van der Waals surface area contributed by atoms with Crippen LogP contribution in [0.25, 0.3) is 11.4 Å². The number of ether oxygens (including phenoxy) is 2. The fraction of sp³-hybridized carbons (Fsp3) is 0.529. The normalized spacial score (nSPS) is 23.6. The zero-order valence-corrected chi connectivity index (χ0v) is 27.1. The highest BCUT2D eigenvalue weighted by Gasteiger charge is 2.39. The van der Waals surface area contributed by atoms with Crippen LogP contribution in [0.5, 0.6) is 0 Å². The third kappa shape index (κ3) is 6.60. The Hall–Kier alpha value is -4.00. The van der Waals surface area contributed by atoms with Crippen LogP contribution in [-0.4, -0.2) is 109 Å². The number of morpholine rings is 2. The molecule has 4 saturated heterocycles. The first kappa shape index (κ1) is 30.6. The van der Waals surface area contributed by atoms with Crippen molar-refractivity contribution in [2.75, 3.05) is 84.5 Å². The van der Waals surface area contributed by atoms with Gasteiger partial charge in [-0.25, -0.2) is 4.79 Å². The van der Waals surface area contributed by atoms with Gasteiger partial charge < -0.3 is 34.8 Å². The summed E-state index contributed by atoms with van der Waals surface area (Å²) >= 11 is 0. The van der Waals surface area contributed by atoms with Crippen molar-refractivity contribution in [3.05, 3.63) is 48.5 Å². The van der Waals surface area contributed by atoms with Crippen molar-refractivity contribution in [1.29, 1.82) is 0 Å². The standard InChI is InChI=1S/C34H45N9O3/c1-23(2)40-14-16-41(17-15-40)28-10-8-27(9-11-28)36-34(44)35-26-6-4-25(5-7-26)31-37-32(42-18-19-45-20-24(42)3)39-33(38-31)43-29-12-13-30(43)22-46-21-29/h4-11,23-24,29-30H,12-22H2,1-3H3,(H2,35,36,44)/t24-,29?,30?/m1/s1. The molecule has 3 aromatic rings. The molecular formula is C34H45N9O3. The second kappa shape index (κ2) is 13.4. The fourth-order valence-corrected chi connectivity index (χ4v) is 6.95. The van der Waals surface area contributed by atoms with Gasteiger partial charge in [0.15, 0.2) is 5.82 Å². The third-order valence-corrected chi connectivity index (χ3v) is 9.64. The Morgan fingerprint density at radius 1 is 0.783 bits per heavy atom. The molecule has 0 radical (unpaired) electrons. The Labute approximate surface area is 271 Å². The van der Waals surface area contributed by atoms with E-state index in [1.165, 1.54) is 5.69 Å². The van der Waals surface area contributed by atoms with Crippen molar-refractivity contribution in [2.24, 2.45) is 0 Å². The minimum Gasteiger partial charge on any atom is -0.377 e. The summed E-state index contributed by atoms with van der Waals surface area (Å²) in [7, 11) is 0. The van der Waals surface area contributed by atoms with Gasteiger partial charge in [0.25, 0.3) is 0 Å². The van der Waals surface area contributed by atoms with Crippen molar-refractivity contribution in [1.82, 2.24) is 19.9 Å². The molecule has 7 rings (SSSR count). The number of nitrogens with one attached hydrogen (secondary N) is 2. The maximum Gasteiger partial charge on any atom is 0.323 e. The van der Waals surface area contributed by atoms with Gasteiger partial charge in [-0.05, 0) is 82.1 Å². The Morgan fingerprint density at radius 3 is 2.04 bits per heavy atom. The molecule has 3 atom stereocenters. The Bertz CT molecular complexity index is 1480. The second-order valence-corrected chi connectivity index (χ2v) is 13.0. The van der Waals surface area contributed by atoms with Gasteiger partial charge in [0.05, 0.1) is 44.6 Å². The zero-order valence-electron chi connectivity index (χ0n) is 27.1. The highest BCUT2D eigenvalue weighted by molar-refractivity contribution is 6.00. The molecular weight excluding hydrogens is 582 g/mol. The molecule has 5 heterocycles. The van der Waals surface area contributed by atoms with E-state index < -0.39 is 0 Å². The number of hydrogen-bond donors (Lipinski definition) is 2. The zero-order chi connectivity index (χ0) is 31.6. The summed E-state index contributed by atoms with van der Waals surface area (Å²) in [6.45, 7) is 14.2. The monoisotopic (exact) mass is 627 g/mol. The number of amides is 2. The van der Waals surface area contributed by atoms with Gasteiger partial charge in [-0.3, -0.25) is 4.90 Å². The van der Waals surface area contributed by atoms with Crippen LogP contribution in [0.1, 0.15) is 33.6 Å². The van der Waals surface area contributed by atoms with Crippen LogP contribution in [0, 0.1) is 0 Å². The number of carbonyl (C=O) groups excluding carboxylic acids is 1. The lowest BCUT2D eigenvalue weighted by atomic mass is 10.2. The first-order valence-electron chi connectivity index (χ1n) is 16.7. The maximum absolute atomic E-state index is 12.9. The van der Waals surface area contributed by atoms with Gasteiger partial charge in [0.2, 0.25) is 11.9 Å². The fourth-order valence-electron chi connectivity index (χ4n) is 6.95. The lowest BCUT2D eigenvalue weighted by molar-refractivity contribution is 0.0895. The van der Waals surface area contributed by atoms with Crippen molar-refractivity contribution in [2.45, 2.75) is 57.8 Å². The number of urea groups is 1. The minimum absolute atomic E-state index is 0.167. The number of anilines is 5. The van der Waals surface area contributed by atoms with E-state index in [1.807, 2.05) is 36.4 Å². The SMILES string of the molecule is CC(C)N1CCN(c2ccc(NC(=O)Nc3ccc(-c4nc(N5C6CCC5COC6)nc(N5CCOC[C@H]5C)n4)cc3)cc2)CC1. The molecule has 4 aliphatic heterocycles. The number of benzene rings is 2. The summed E-state index contributed by atoms with van der Waals surface area (Å²) in [5, 5.41) is 5.90. The molecule has 46 heavy (non-hydrogen) atoms. The van der Waals surface area contributed by atoms with Gasteiger partial charge in [-0.15, -0.1) is 0 Å². The van der Waals surface area contributed by atoms with Crippen LogP contribution in [0.15, 0.2) is 48.5 Å². The van der Waals surface area contributed by atoms with Crippen LogP contribution >= 0.6 is 0 Å². The Balaban J connectivity index is 1.02. The van der Waals surface area contributed by atoms with E-state index in [0.717, 1.165) is 56.8 Å². The van der Waals surface area contributed by atoms with Crippen LogP contribution in [0.3, 0.4) is 0 Å². The van der Waals surface area contributed by atoms with Crippen molar-refractivity contribution < 1.29 is 14.3 Å². The summed E-state index contributed by atoms with van der Waals surface area (Å²) < 4.78 is 11.5. The predicted octanol–water partition coefficient (Wildman–Crippen LogP) is 4.31. The van der Waals surface area contributed by atoms with Crippen molar-refractivity contribution >= 4 is 35.0 Å². The summed E-state index contributed by atoms with van der Waals surface area (Å²) in [4.78, 5) is 37.2. The highest BCUT2D eigenvalue weighted by Crippen LogP contribution is 2.34. The number of aromatic nitrogens is 3. The predicted molar refractivity (Wildman–Crippen MR) is 181 cm³/mol. The maximum atomic E-state index is 12.9. The molecule has 4 fully saturated rings. The number of carbonyl (C=O) groups is 1. The van der Waals surface area contributed by atoms with Gasteiger partial charge in [-0.2, -0.15) is 15.0 Å². The molecule has 12 heteroatoms. The van der Waals surface area contributed by atoms with Crippen LogP contribution in [0.4, 0.5) is 33.8 Å². The average Bonchev–Trinajstić information content (AvgIpc) is 3.33. The van der Waals surface area contributed by atoms with E-state index >= 15 is 0 Å². The van der Waals surface area contributed by atoms with Crippen molar-refractivity contribution in [3.63, 3.8) is 0 Å². The molecule has 2 aromatic carbocycles. The first-order valence-corrected chi connectivity index (χ1v) is 16.7. The van der Waals surface area contributed by atoms with Gasteiger partial charge in [0.1, 0.15) is 0 Å². The lowest BCUT2D eigenvalue weighted by Crippen LogP contribution is -2.48. The number of rotatable bonds is 7. The first-order chi connectivity index (χ1) is 22.4. The molecule has 12 nitrogen and oxygen atoms in total. The second-order valence-electron chi connectivity index (χ2n) is 13.0. The van der Waals surface area contributed by atoms with Crippen LogP contribution in [-0.2, 0) is 9.47 Å². The van der Waals surface area contributed by atoms with E-state index in [0.29, 0.717) is 55.9 Å². The molecule has 0 saturated carbocycles. The molecule has 2 N–H and O–H groups in total. The third-order valence-electron chi connectivity index (χ3n) is 9.64. The molecule has 0 spiro atoms. The lowest BCUT2D eigenvalue weighted by Gasteiger charge is -2.38. The molecule has 0 aliphatic carbocycles. The van der Waals surface area contributed by atoms with Gasteiger partial charge in [-0.1, -0.05) is 0 Å². The van der Waals surface area contributed by atoms with E-state index in [9.17, 15) is 4.79 Å². The summed E-state index contributed by atoms with van der Waals surface area (Å²) in [5.41, 5.74) is 3.47. The smallest absolute Gasteiger partial charge is 0.323 e. The van der Waals surface area contributed by atoms with Gasteiger partial charge in [0, 0.05) is 61.4 Å². The molecule has 2 unspecified atom stereocenters. The minimum atomic E-state index is -0.292. The van der Waals surface area contributed by atoms with Crippen molar-refractivity contribution in [3.8, 4) is 11.4 Å². The van der Waals surface area contributed by atoms with E-state index in [1.54, 1.807) is 0 Å². The molecule has 244 valence electrons. The molecule has 1 aromatic heterocycles. The molecule has 2 amide bonds. The number of piperazine rings is 1. The quantitative estimate of drug-likeness (QED) is 0.393. The largest absolute Gasteiger partial charge is 0.377 e. The Morgan fingerprint density at radius 2 is 1.41 bits per heavy atom. The number of nitrogens with zero attached hydrogens (tertiary/aromatic N) is 7. The van der Waals surface area contributed by atoms with E-state index in [-0.39, 0.29) is 24.2 Å². The summed E-state index contributed by atoms with van der Waals surface area (Å²) in [6.07, 6.45) is 2.16. The summed E-state index contributed by atoms with van der Waals surface area (Å²) in [6, 6.07) is 16.7. The number of hydrogen-bond acceptors (Lipinski definition) is 10. The molecule has 4 aliphatic rings. The van der Waals surface area contributed by atoms with E-state index in [4.69, 9.17) is 24.4 Å². The van der Waals surface area contributed by atoms with Crippen LogP contribution < -0.4 is 25.3 Å². The van der Waals surface area contributed by atoms with Crippen LogP contribution in [0.2, 0.25) is 0 Å².